The van der Waals surface area contributed by atoms with Crippen LogP contribution < -0.4 is 5.73 Å². The van der Waals surface area contributed by atoms with E-state index in [1.54, 1.807) is 19.1 Å². The molecule has 2 atom stereocenters. The molecular weight excluding hydrogens is 216 g/mol. The summed E-state index contributed by atoms with van der Waals surface area (Å²) in [6, 6.07) is 3.26. The van der Waals surface area contributed by atoms with Crippen molar-refractivity contribution in [3.05, 3.63) is 23.4 Å². The highest BCUT2D eigenvalue weighted by Crippen LogP contribution is 2.22. The van der Waals surface area contributed by atoms with Crippen LogP contribution in [0.15, 0.2) is 12.1 Å². The summed E-state index contributed by atoms with van der Waals surface area (Å²) in [5, 5.41) is 19.4. The first-order valence-electron chi connectivity index (χ1n) is 4.71. The van der Waals surface area contributed by atoms with Crippen molar-refractivity contribution in [3.63, 3.8) is 0 Å². The van der Waals surface area contributed by atoms with E-state index in [4.69, 9.17) is 17.3 Å². The third kappa shape index (κ3) is 3.06. The van der Waals surface area contributed by atoms with Crippen molar-refractivity contribution in [2.75, 3.05) is 11.6 Å². The van der Waals surface area contributed by atoms with Crippen molar-refractivity contribution in [1.29, 1.82) is 0 Å². The second-order valence-electron chi connectivity index (χ2n) is 3.40. The van der Waals surface area contributed by atoms with Gasteiger partial charge in [0.1, 0.15) is 11.9 Å². The van der Waals surface area contributed by atoms with Gasteiger partial charge < -0.3 is 15.9 Å². The van der Waals surface area contributed by atoms with E-state index in [0.717, 1.165) is 0 Å². The maximum Gasteiger partial charge on any atom is 0.123 e. The van der Waals surface area contributed by atoms with Gasteiger partial charge in [-0.15, -0.1) is 11.6 Å². The van der Waals surface area contributed by atoms with Crippen molar-refractivity contribution < 1.29 is 10.2 Å². The monoisotopic (exact) mass is 230 g/mol. The fourth-order valence-corrected chi connectivity index (χ4v) is 1.60. The summed E-state index contributed by atoms with van der Waals surface area (Å²) in [5.41, 5.74) is 6.69. The first kappa shape index (κ1) is 12.2. The molecule has 0 aliphatic heterocycles. The van der Waals surface area contributed by atoms with E-state index in [9.17, 15) is 10.2 Å². The van der Waals surface area contributed by atoms with E-state index in [1.165, 1.54) is 0 Å². The molecule has 15 heavy (non-hydrogen) atoms. The second-order valence-corrected chi connectivity index (χ2v) is 3.78. The van der Waals surface area contributed by atoms with Crippen LogP contribution in [0.4, 0.5) is 5.82 Å². The predicted molar refractivity (Wildman–Crippen MR) is 59.7 cm³/mol. The molecule has 0 aliphatic carbocycles. The molecule has 0 saturated carbocycles. The number of hydrogen-bond donors (Lipinski definition) is 3. The number of anilines is 1. The molecule has 1 rings (SSSR count). The van der Waals surface area contributed by atoms with Crippen LogP contribution in [0.25, 0.3) is 0 Å². The molecule has 84 valence electrons. The lowest BCUT2D eigenvalue weighted by Gasteiger charge is -2.18. The predicted octanol–water partition coefficient (Wildman–Crippen LogP) is 0.995. The first-order chi connectivity index (χ1) is 7.06. The van der Waals surface area contributed by atoms with Crippen molar-refractivity contribution in [3.8, 4) is 0 Å². The van der Waals surface area contributed by atoms with Gasteiger partial charge in [0.2, 0.25) is 0 Å². The zero-order valence-corrected chi connectivity index (χ0v) is 9.28. The van der Waals surface area contributed by atoms with Gasteiger partial charge in [-0.2, -0.15) is 0 Å². The molecule has 1 heterocycles. The molecule has 0 saturated heterocycles. The Morgan fingerprint density at radius 3 is 2.67 bits per heavy atom. The van der Waals surface area contributed by atoms with Crippen LogP contribution in [-0.4, -0.2) is 27.2 Å². The minimum atomic E-state index is -0.961. The Bertz CT molecular complexity index is 333. The maximum absolute atomic E-state index is 9.80. The molecule has 0 bridgehead atoms. The number of alkyl halides is 1. The molecule has 0 aromatic carbocycles. The molecular formula is C10H15ClN2O2. The Balaban J connectivity index is 2.86. The number of aromatic nitrogens is 1. The molecule has 0 radical (unpaired) electrons. The van der Waals surface area contributed by atoms with Crippen molar-refractivity contribution in [2.45, 2.75) is 25.6 Å². The summed E-state index contributed by atoms with van der Waals surface area (Å²) in [6.07, 6.45) is -1.49. The summed E-state index contributed by atoms with van der Waals surface area (Å²) in [4.78, 5) is 4.01. The number of halogens is 1. The second kappa shape index (κ2) is 5.30. The van der Waals surface area contributed by atoms with Gasteiger partial charge in [0, 0.05) is 17.1 Å². The maximum atomic E-state index is 9.80. The number of hydrogen-bond acceptors (Lipinski definition) is 4. The molecule has 1 aromatic rings. The van der Waals surface area contributed by atoms with Gasteiger partial charge in [-0.25, -0.2) is 4.98 Å². The third-order valence-electron chi connectivity index (χ3n) is 2.24. The molecule has 4 N–H and O–H groups in total. The number of nitrogen functional groups attached to an aromatic ring is 1. The molecule has 2 unspecified atom stereocenters. The summed E-state index contributed by atoms with van der Waals surface area (Å²) >= 11 is 5.49. The smallest absolute Gasteiger partial charge is 0.123 e. The number of rotatable bonds is 4. The summed E-state index contributed by atoms with van der Waals surface area (Å²) in [7, 11) is 0. The molecule has 0 fully saturated rings. The SMILES string of the molecule is Cc1nc(N)ccc1C(O)C(O)CCCl. The van der Waals surface area contributed by atoms with Gasteiger partial charge in [0.15, 0.2) is 0 Å². The first-order valence-corrected chi connectivity index (χ1v) is 5.25. The van der Waals surface area contributed by atoms with Crippen LogP contribution >= 0.6 is 11.6 Å². The lowest BCUT2D eigenvalue weighted by Crippen LogP contribution is -2.20. The van der Waals surface area contributed by atoms with E-state index in [1.807, 2.05) is 0 Å². The van der Waals surface area contributed by atoms with E-state index < -0.39 is 12.2 Å². The van der Waals surface area contributed by atoms with Crippen LogP contribution in [0.2, 0.25) is 0 Å². The van der Waals surface area contributed by atoms with Crippen molar-refractivity contribution in [1.82, 2.24) is 4.98 Å². The van der Waals surface area contributed by atoms with E-state index in [-0.39, 0.29) is 0 Å². The average Bonchev–Trinajstić information content (AvgIpc) is 2.17. The molecule has 0 aliphatic rings. The minimum Gasteiger partial charge on any atom is -0.390 e. The number of pyridine rings is 1. The Labute approximate surface area is 93.7 Å². The largest absolute Gasteiger partial charge is 0.390 e. The Morgan fingerprint density at radius 2 is 2.13 bits per heavy atom. The van der Waals surface area contributed by atoms with Gasteiger partial charge in [0.05, 0.1) is 6.10 Å². The Kier molecular flexibility index (Phi) is 4.32. The summed E-state index contributed by atoms with van der Waals surface area (Å²) in [5.74, 6) is 0.704. The fourth-order valence-electron chi connectivity index (χ4n) is 1.38. The van der Waals surface area contributed by atoms with Gasteiger partial charge in [0.25, 0.3) is 0 Å². The van der Waals surface area contributed by atoms with Crippen LogP contribution in [0.1, 0.15) is 23.8 Å². The van der Waals surface area contributed by atoms with Gasteiger partial charge >= 0.3 is 0 Å². The van der Waals surface area contributed by atoms with Gasteiger partial charge in [-0.3, -0.25) is 0 Å². The average molecular weight is 231 g/mol. The quantitative estimate of drug-likeness (QED) is 0.674. The van der Waals surface area contributed by atoms with Gasteiger partial charge in [-0.05, 0) is 19.4 Å². The van der Waals surface area contributed by atoms with Crippen LogP contribution in [0.3, 0.4) is 0 Å². The van der Waals surface area contributed by atoms with Crippen LogP contribution in [0.5, 0.6) is 0 Å². The minimum absolute atomic E-state index is 0.305. The number of nitrogens with two attached hydrogens (primary N) is 1. The number of aliphatic hydroxyl groups is 2. The Hall–Kier alpha value is -0.840. The topological polar surface area (TPSA) is 79.4 Å². The lowest BCUT2D eigenvalue weighted by atomic mass is 10.0. The zero-order valence-electron chi connectivity index (χ0n) is 8.52. The standard InChI is InChI=1S/C10H15ClN2O2/c1-6-7(2-3-9(12)13-6)10(15)8(14)4-5-11/h2-3,8,10,14-15H,4-5H2,1H3,(H2,12,13). The van der Waals surface area contributed by atoms with Crippen molar-refractivity contribution in [2.24, 2.45) is 0 Å². The van der Waals surface area contributed by atoms with Crippen LogP contribution in [0, 0.1) is 6.92 Å². The number of aryl methyl sites for hydroxylation is 1. The molecule has 4 nitrogen and oxygen atoms in total. The molecule has 0 amide bonds. The summed E-state index contributed by atoms with van der Waals surface area (Å²) < 4.78 is 0. The normalized spacial score (nSPS) is 14.9. The molecule has 5 heteroatoms. The van der Waals surface area contributed by atoms with Crippen LogP contribution in [-0.2, 0) is 0 Å². The highest BCUT2D eigenvalue weighted by molar-refractivity contribution is 6.17. The fraction of sp³-hybridized carbons (Fsp3) is 0.500. The summed E-state index contributed by atoms with van der Waals surface area (Å²) in [6.45, 7) is 1.74. The highest BCUT2D eigenvalue weighted by Gasteiger charge is 2.19. The molecule has 1 aromatic heterocycles. The van der Waals surface area contributed by atoms with E-state index >= 15 is 0 Å². The highest BCUT2D eigenvalue weighted by atomic mass is 35.5. The van der Waals surface area contributed by atoms with E-state index in [2.05, 4.69) is 4.98 Å². The van der Waals surface area contributed by atoms with Gasteiger partial charge in [-0.1, -0.05) is 6.07 Å². The zero-order chi connectivity index (χ0) is 11.4. The molecule has 0 spiro atoms. The number of nitrogens with zero attached hydrogens (tertiary/aromatic N) is 1. The van der Waals surface area contributed by atoms with Crippen molar-refractivity contribution >= 4 is 17.4 Å². The lowest BCUT2D eigenvalue weighted by molar-refractivity contribution is 0.0164. The van der Waals surface area contributed by atoms with E-state index in [0.29, 0.717) is 29.4 Å². The Morgan fingerprint density at radius 1 is 1.47 bits per heavy atom. The third-order valence-corrected chi connectivity index (χ3v) is 2.45. The number of aliphatic hydroxyl groups excluding tert-OH is 2.